The molecule has 2 N–H and O–H groups in total. The molecule has 144 valence electrons. The van der Waals surface area contributed by atoms with Crippen molar-refractivity contribution >= 4 is 23.2 Å². The largest absolute Gasteiger partial charge is 0.324 e. The van der Waals surface area contributed by atoms with Crippen LogP contribution in [-0.2, 0) is 5.41 Å². The van der Waals surface area contributed by atoms with Gasteiger partial charge in [0.25, 0.3) is 5.91 Å². The van der Waals surface area contributed by atoms with Gasteiger partial charge in [-0.2, -0.15) is 0 Å². The van der Waals surface area contributed by atoms with E-state index in [9.17, 15) is 4.79 Å². The Labute approximate surface area is 166 Å². The number of para-hydroxylation sites is 1. The number of amides is 1. The molecule has 5 nitrogen and oxygen atoms in total. The fourth-order valence-electron chi connectivity index (χ4n) is 2.94. The highest BCUT2D eigenvalue weighted by molar-refractivity contribution is 6.04. The van der Waals surface area contributed by atoms with E-state index < -0.39 is 0 Å². The molecule has 0 bridgehead atoms. The lowest BCUT2D eigenvalue weighted by Gasteiger charge is -2.23. The van der Waals surface area contributed by atoms with Crippen LogP contribution in [0.5, 0.6) is 0 Å². The maximum atomic E-state index is 12.7. The Morgan fingerprint density at radius 1 is 0.929 bits per heavy atom. The van der Waals surface area contributed by atoms with Crippen LogP contribution in [0.2, 0.25) is 0 Å². The summed E-state index contributed by atoms with van der Waals surface area (Å²) in [7, 11) is 0. The number of hydrogen-bond acceptors (Lipinski definition) is 4. The number of rotatable bonds is 4. The summed E-state index contributed by atoms with van der Waals surface area (Å²) in [6.45, 7) is 10.4. The molecule has 1 heterocycles. The Balaban J connectivity index is 1.75. The zero-order valence-corrected chi connectivity index (χ0v) is 17.0. The van der Waals surface area contributed by atoms with Crippen molar-refractivity contribution < 1.29 is 4.79 Å². The van der Waals surface area contributed by atoms with Gasteiger partial charge in [0.2, 0.25) is 5.95 Å². The van der Waals surface area contributed by atoms with Crippen LogP contribution >= 0.6 is 0 Å². The Kier molecular flexibility index (Phi) is 5.45. The van der Waals surface area contributed by atoms with Gasteiger partial charge in [0.1, 0.15) is 0 Å². The van der Waals surface area contributed by atoms with Gasteiger partial charge in [0.05, 0.1) is 5.56 Å². The molecule has 0 radical (unpaired) electrons. The summed E-state index contributed by atoms with van der Waals surface area (Å²) in [6.07, 6.45) is 3.07. The van der Waals surface area contributed by atoms with Crippen LogP contribution in [0, 0.1) is 13.8 Å². The van der Waals surface area contributed by atoms with Crippen molar-refractivity contribution in [1.29, 1.82) is 0 Å². The number of carbonyl (C=O) groups is 1. The molecule has 0 aliphatic rings. The van der Waals surface area contributed by atoms with E-state index in [1.807, 2.05) is 50.2 Å². The van der Waals surface area contributed by atoms with Crippen molar-refractivity contribution in [3.63, 3.8) is 0 Å². The van der Waals surface area contributed by atoms with E-state index >= 15 is 0 Å². The summed E-state index contributed by atoms with van der Waals surface area (Å²) in [5, 5.41) is 6.18. The van der Waals surface area contributed by atoms with Gasteiger partial charge in [-0.05, 0) is 48.1 Å². The predicted octanol–water partition coefficient (Wildman–Crippen LogP) is 5.39. The normalized spacial score (nSPS) is 11.2. The first-order valence-electron chi connectivity index (χ1n) is 9.31. The maximum absolute atomic E-state index is 12.7. The molecule has 1 amide bonds. The summed E-state index contributed by atoms with van der Waals surface area (Å²) in [6, 6.07) is 14.0. The number of aromatic nitrogens is 2. The van der Waals surface area contributed by atoms with Crippen LogP contribution in [-0.4, -0.2) is 15.9 Å². The van der Waals surface area contributed by atoms with Gasteiger partial charge in [-0.25, -0.2) is 9.97 Å². The van der Waals surface area contributed by atoms with Crippen molar-refractivity contribution in [2.24, 2.45) is 0 Å². The summed E-state index contributed by atoms with van der Waals surface area (Å²) in [5.41, 5.74) is 5.44. The highest BCUT2D eigenvalue weighted by atomic mass is 16.1. The molecule has 0 aliphatic carbocycles. The fourth-order valence-corrected chi connectivity index (χ4v) is 2.94. The lowest BCUT2D eigenvalue weighted by atomic mass is 9.86. The van der Waals surface area contributed by atoms with Crippen LogP contribution in [0.25, 0.3) is 0 Å². The number of nitrogens with one attached hydrogen (secondary N) is 2. The van der Waals surface area contributed by atoms with Gasteiger partial charge in [-0.1, -0.05) is 51.1 Å². The van der Waals surface area contributed by atoms with Gasteiger partial charge in [-0.3, -0.25) is 4.79 Å². The quantitative estimate of drug-likeness (QED) is 0.643. The van der Waals surface area contributed by atoms with Gasteiger partial charge in [0, 0.05) is 23.8 Å². The molecule has 28 heavy (non-hydrogen) atoms. The van der Waals surface area contributed by atoms with E-state index in [2.05, 4.69) is 47.4 Å². The highest BCUT2D eigenvalue weighted by Gasteiger charge is 2.19. The Bertz CT molecular complexity index is 988. The average Bonchev–Trinajstić information content (AvgIpc) is 2.65. The second kappa shape index (κ2) is 7.80. The molecule has 0 fully saturated rings. The van der Waals surface area contributed by atoms with Crippen molar-refractivity contribution in [3.05, 3.63) is 77.1 Å². The molecule has 0 spiro atoms. The number of benzene rings is 2. The minimum absolute atomic E-state index is 0.0696. The molecule has 0 atom stereocenters. The third kappa shape index (κ3) is 4.55. The Morgan fingerprint density at radius 3 is 2.29 bits per heavy atom. The molecule has 3 rings (SSSR count). The van der Waals surface area contributed by atoms with E-state index in [1.165, 1.54) is 12.4 Å². The van der Waals surface area contributed by atoms with Crippen LogP contribution < -0.4 is 10.6 Å². The van der Waals surface area contributed by atoms with E-state index in [-0.39, 0.29) is 11.3 Å². The topological polar surface area (TPSA) is 66.9 Å². The fraction of sp³-hybridized carbons (Fsp3) is 0.261. The van der Waals surface area contributed by atoms with Crippen molar-refractivity contribution in [2.75, 3.05) is 10.6 Å². The number of carbonyl (C=O) groups excluding carboxylic acids is 1. The first-order valence-corrected chi connectivity index (χ1v) is 9.31. The molecule has 0 aliphatic heterocycles. The summed E-state index contributed by atoms with van der Waals surface area (Å²) >= 11 is 0. The predicted molar refractivity (Wildman–Crippen MR) is 114 cm³/mol. The molecular formula is C23H26N4O. The summed E-state index contributed by atoms with van der Waals surface area (Å²) in [5.74, 6) is 0.232. The minimum atomic E-state index is -0.227. The lowest BCUT2D eigenvalue weighted by molar-refractivity contribution is 0.102. The van der Waals surface area contributed by atoms with Crippen LogP contribution in [0.4, 0.5) is 17.3 Å². The van der Waals surface area contributed by atoms with Crippen molar-refractivity contribution in [3.8, 4) is 0 Å². The second-order valence-electron chi connectivity index (χ2n) is 7.99. The molecule has 0 unspecified atom stereocenters. The molecular weight excluding hydrogens is 348 g/mol. The Hall–Kier alpha value is -3.21. The first kappa shape index (κ1) is 19.5. The standard InChI is InChI=1S/C23H26N4O/c1-15-10-11-16(2)20(12-15)27-22-24-13-17(14-25-22)21(28)26-19-9-7-6-8-18(19)23(3,4)5/h6-14H,1-5H3,(H,26,28)(H,24,25,27). The molecule has 0 saturated carbocycles. The third-order valence-electron chi connectivity index (χ3n) is 4.54. The van der Waals surface area contributed by atoms with Crippen LogP contribution in [0.3, 0.4) is 0 Å². The minimum Gasteiger partial charge on any atom is -0.324 e. The molecule has 2 aromatic carbocycles. The number of hydrogen-bond donors (Lipinski definition) is 2. The van der Waals surface area contributed by atoms with E-state index in [1.54, 1.807) is 0 Å². The lowest BCUT2D eigenvalue weighted by Crippen LogP contribution is -2.19. The molecule has 0 saturated heterocycles. The van der Waals surface area contributed by atoms with E-state index in [0.717, 1.165) is 28.1 Å². The zero-order valence-electron chi connectivity index (χ0n) is 17.0. The van der Waals surface area contributed by atoms with Crippen LogP contribution in [0.1, 0.15) is 47.8 Å². The van der Waals surface area contributed by atoms with Crippen LogP contribution in [0.15, 0.2) is 54.9 Å². The molecule has 1 aromatic heterocycles. The molecule has 5 heteroatoms. The smallest absolute Gasteiger partial charge is 0.258 e. The van der Waals surface area contributed by atoms with Gasteiger partial charge < -0.3 is 10.6 Å². The SMILES string of the molecule is Cc1ccc(C)c(Nc2ncc(C(=O)Nc3ccccc3C(C)(C)C)cn2)c1. The van der Waals surface area contributed by atoms with Crippen molar-refractivity contribution in [2.45, 2.75) is 40.0 Å². The first-order chi connectivity index (χ1) is 13.2. The number of anilines is 3. The number of nitrogens with zero attached hydrogens (tertiary/aromatic N) is 2. The highest BCUT2D eigenvalue weighted by Crippen LogP contribution is 2.29. The summed E-state index contributed by atoms with van der Waals surface area (Å²) < 4.78 is 0. The third-order valence-corrected chi connectivity index (χ3v) is 4.54. The molecule has 3 aromatic rings. The Morgan fingerprint density at radius 2 is 1.61 bits per heavy atom. The van der Waals surface area contributed by atoms with Crippen molar-refractivity contribution in [1.82, 2.24) is 9.97 Å². The zero-order chi connectivity index (χ0) is 20.3. The van der Waals surface area contributed by atoms with E-state index in [4.69, 9.17) is 0 Å². The average molecular weight is 374 g/mol. The second-order valence-corrected chi connectivity index (χ2v) is 7.99. The summed E-state index contributed by atoms with van der Waals surface area (Å²) in [4.78, 5) is 21.2. The van der Waals surface area contributed by atoms with Gasteiger partial charge >= 0.3 is 0 Å². The maximum Gasteiger partial charge on any atom is 0.258 e. The van der Waals surface area contributed by atoms with E-state index in [0.29, 0.717) is 11.5 Å². The number of aryl methyl sites for hydroxylation is 2. The monoisotopic (exact) mass is 374 g/mol. The van der Waals surface area contributed by atoms with Gasteiger partial charge in [-0.15, -0.1) is 0 Å². The van der Waals surface area contributed by atoms with Gasteiger partial charge in [0.15, 0.2) is 0 Å².